The number of hydrogen-bond donors (Lipinski definition) is 2. The Morgan fingerprint density at radius 2 is 1.89 bits per heavy atom. The second-order valence-electron chi connectivity index (χ2n) is 6.45. The lowest BCUT2D eigenvalue weighted by Gasteiger charge is -2.15. The van der Waals surface area contributed by atoms with Crippen molar-refractivity contribution >= 4 is 35.1 Å². The van der Waals surface area contributed by atoms with Gasteiger partial charge in [-0.1, -0.05) is 44.7 Å². The lowest BCUT2D eigenvalue weighted by atomic mass is 10.0. The van der Waals surface area contributed by atoms with Crippen LogP contribution in [0.3, 0.4) is 0 Å². The predicted octanol–water partition coefficient (Wildman–Crippen LogP) is 3.87. The predicted molar refractivity (Wildman–Crippen MR) is 111 cm³/mol. The monoisotopic (exact) mass is 402 g/mol. The lowest BCUT2D eigenvalue weighted by molar-refractivity contribution is -0.115. The maximum atomic E-state index is 12.6. The van der Waals surface area contributed by atoms with Crippen LogP contribution in [0.25, 0.3) is 0 Å². The van der Waals surface area contributed by atoms with E-state index in [2.05, 4.69) is 29.1 Å². The number of nitrogens with one attached hydrogen (secondary N) is 1. The van der Waals surface area contributed by atoms with E-state index in [4.69, 9.17) is 10.5 Å². The molecule has 7 nitrogen and oxygen atoms in total. The third kappa shape index (κ3) is 5.69. The summed E-state index contributed by atoms with van der Waals surface area (Å²) in [6.07, 6.45) is 1.92. The number of carbonyl (C=O) groups excluding carboxylic acids is 2. The Balaban J connectivity index is 2.05. The summed E-state index contributed by atoms with van der Waals surface area (Å²) in [5.74, 6) is -0.230. The molecule has 1 heterocycles. The van der Waals surface area contributed by atoms with Crippen LogP contribution in [0, 0.1) is 0 Å². The Bertz CT molecular complexity index is 825. The molecule has 0 fully saturated rings. The first-order chi connectivity index (χ1) is 13.3. The number of nitrogens with two attached hydrogens (primary N) is 1. The molecule has 2 rings (SSSR count). The van der Waals surface area contributed by atoms with Crippen LogP contribution >= 0.6 is 11.8 Å². The van der Waals surface area contributed by atoms with E-state index in [1.54, 1.807) is 6.92 Å². The number of hydrogen-bond acceptors (Lipinski definition) is 7. The standard InChI is InChI=1S/C20H26N4O3S/c1-5-16(18(25)23-14-9-7-13(8-10-14)12(3)4)28-20-22-11-15(17(21)24-20)19(26)27-6-2/h7-12,16H,5-6H2,1-4H3,(H,23,25)(H2,21,22,24)/t16-/m1/s1. The van der Waals surface area contributed by atoms with Crippen molar-refractivity contribution in [3.63, 3.8) is 0 Å². The number of thioether (sulfide) groups is 1. The van der Waals surface area contributed by atoms with Crippen LogP contribution in [0.2, 0.25) is 0 Å². The van der Waals surface area contributed by atoms with Crippen LogP contribution in [-0.2, 0) is 9.53 Å². The van der Waals surface area contributed by atoms with Gasteiger partial charge in [0.25, 0.3) is 0 Å². The van der Waals surface area contributed by atoms with Crippen LogP contribution in [0.1, 0.15) is 56.0 Å². The highest BCUT2D eigenvalue weighted by molar-refractivity contribution is 8.00. The summed E-state index contributed by atoms with van der Waals surface area (Å²) in [4.78, 5) is 32.7. The fourth-order valence-electron chi connectivity index (χ4n) is 2.42. The molecule has 0 saturated heterocycles. The van der Waals surface area contributed by atoms with Gasteiger partial charge in [0, 0.05) is 11.9 Å². The van der Waals surface area contributed by atoms with Gasteiger partial charge in [-0.15, -0.1) is 0 Å². The topological polar surface area (TPSA) is 107 Å². The molecule has 1 aromatic carbocycles. The van der Waals surface area contributed by atoms with Crippen molar-refractivity contribution in [2.75, 3.05) is 17.7 Å². The zero-order valence-electron chi connectivity index (χ0n) is 16.6. The van der Waals surface area contributed by atoms with Crippen LogP contribution in [0.5, 0.6) is 0 Å². The van der Waals surface area contributed by atoms with E-state index in [1.807, 2.05) is 31.2 Å². The zero-order chi connectivity index (χ0) is 20.7. The largest absolute Gasteiger partial charge is 0.462 e. The van der Waals surface area contributed by atoms with Crippen molar-refractivity contribution in [3.8, 4) is 0 Å². The van der Waals surface area contributed by atoms with E-state index in [0.717, 1.165) is 5.69 Å². The van der Waals surface area contributed by atoms with E-state index >= 15 is 0 Å². The molecule has 1 amide bonds. The van der Waals surface area contributed by atoms with Gasteiger partial charge in [-0.25, -0.2) is 14.8 Å². The average molecular weight is 403 g/mol. The van der Waals surface area contributed by atoms with Gasteiger partial charge >= 0.3 is 5.97 Å². The zero-order valence-corrected chi connectivity index (χ0v) is 17.4. The number of benzene rings is 1. The van der Waals surface area contributed by atoms with Crippen LogP contribution in [-0.4, -0.2) is 33.7 Å². The smallest absolute Gasteiger partial charge is 0.343 e. The Kier molecular flexibility index (Phi) is 7.80. The molecular formula is C20H26N4O3S. The van der Waals surface area contributed by atoms with Gasteiger partial charge in [0.1, 0.15) is 11.4 Å². The maximum Gasteiger partial charge on any atom is 0.343 e. The number of ether oxygens (including phenoxy) is 1. The summed E-state index contributed by atoms with van der Waals surface area (Å²) >= 11 is 1.21. The molecule has 150 valence electrons. The Labute approximate surface area is 169 Å². The number of nitrogen functional groups attached to an aromatic ring is 1. The first kappa shape index (κ1) is 21.7. The quantitative estimate of drug-likeness (QED) is 0.392. The molecule has 0 spiro atoms. The third-order valence-electron chi connectivity index (χ3n) is 4.05. The molecule has 0 unspecified atom stereocenters. The fourth-order valence-corrected chi connectivity index (χ4v) is 3.28. The highest BCUT2D eigenvalue weighted by Crippen LogP contribution is 2.25. The van der Waals surface area contributed by atoms with Crippen LogP contribution in [0.4, 0.5) is 11.5 Å². The molecule has 3 N–H and O–H groups in total. The number of rotatable bonds is 8. The highest BCUT2D eigenvalue weighted by atomic mass is 32.2. The molecule has 0 aliphatic heterocycles. The second-order valence-corrected chi connectivity index (χ2v) is 7.62. The minimum Gasteiger partial charge on any atom is -0.462 e. The molecule has 0 aliphatic carbocycles. The normalized spacial score (nSPS) is 11.9. The number of aromatic nitrogens is 2. The molecular weight excluding hydrogens is 376 g/mol. The molecule has 1 aromatic heterocycles. The Morgan fingerprint density at radius 1 is 1.21 bits per heavy atom. The van der Waals surface area contributed by atoms with Gasteiger partial charge in [0.15, 0.2) is 5.16 Å². The number of esters is 1. The average Bonchev–Trinajstić information content (AvgIpc) is 2.66. The van der Waals surface area contributed by atoms with Crippen LogP contribution in [0.15, 0.2) is 35.6 Å². The van der Waals surface area contributed by atoms with Gasteiger partial charge in [-0.3, -0.25) is 4.79 Å². The van der Waals surface area contributed by atoms with Crippen molar-refractivity contribution in [1.82, 2.24) is 9.97 Å². The lowest BCUT2D eigenvalue weighted by Crippen LogP contribution is -2.25. The van der Waals surface area contributed by atoms with Gasteiger partial charge in [0.2, 0.25) is 5.91 Å². The Hall–Kier alpha value is -2.61. The summed E-state index contributed by atoms with van der Waals surface area (Å²) in [6.45, 7) is 8.10. The second kappa shape index (κ2) is 10.1. The minimum atomic E-state index is -0.564. The third-order valence-corrected chi connectivity index (χ3v) is 5.29. The fraction of sp³-hybridized carbons (Fsp3) is 0.400. The molecule has 28 heavy (non-hydrogen) atoms. The summed E-state index contributed by atoms with van der Waals surface area (Å²) in [5, 5.41) is 2.86. The van der Waals surface area contributed by atoms with Crippen molar-refractivity contribution in [1.29, 1.82) is 0 Å². The van der Waals surface area contributed by atoms with E-state index < -0.39 is 11.2 Å². The molecule has 0 saturated carbocycles. The first-order valence-electron chi connectivity index (χ1n) is 9.22. The molecule has 0 radical (unpaired) electrons. The van der Waals surface area contributed by atoms with Gasteiger partial charge in [0.05, 0.1) is 11.9 Å². The number of amides is 1. The number of nitrogens with zero attached hydrogens (tertiary/aromatic N) is 2. The van der Waals surface area contributed by atoms with Crippen molar-refractivity contribution in [2.24, 2.45) is 0 Å². The number of anilines is 2. The van der Waals surface area contributed by atoms with Crippen molar-refractivity contribution < 1.29 is 14.3 Å². The van der Waals surface area contributed by atoms with Gasteiger partial charge < -0.3 is 15.8 Å². The summed E-state index contributed by atoms with van der Waals surface area (Å²) in [6, 6.07) is 7.80. The molecule has 2 aromatic rings. The van der Waals surface area contributed by atoms with E-state index in [0.29, 0.717) is 17.5 Å². The van der Waals surface area contributed by atoms with Crippen molar-refractivity contribution in [2.45, 2.75) is 50.4 Å². The van der Waals surface area contributed by atoms with E-state index in [-0.39, 0.29) is 23.9 Å². The Morgan fingerprint density at radius 3 is 2.43 bits per heavy atom. The maximum absolute atomic E-state index is 12.6. The van der Waals surface area contributed by atoms with E-state index in [1.165, 1.54) is 23.5 Å². The summed E-state index contributed by atoms with van der Waals surface area (Å²) < 4.78 is 4.91. The summed E-state index contributed by atoms with van der Waals surface area (Å²) in [7, 11) is 0. The van der Waals surface area contributed by atoms with Gasteiger partial charge in [-0.05, 0) is 37.0 Å². The van der Waals surface area contributed by atoms with E-state index in [9.17, 15) is 9.59 Å². The summed E-state index contributed by atoms with van der Waals surface area (Å²) in [5.41, 5.74) is 7.92. The SMILES string of the molecule is CCOC(=O)c1cnc(S[C@H](CC)C(=O)Nc2ccc(C(C)C)cc2)nc1N. The van der Waals surface area contributed by atoms with Crippen molar-refractivity contribution in [3.05, 3.63) is 41.6 Å². The first-order valence-corrected chi connectivity index (χ1v) is 10.1. The van der Waals surface area contributed by atoms with Crippen LogP contribution < -0.4 is 11.1 Å². The minimum absolute atomic E-state index is 0.0375. The highest BCUT2D eigenvalue weighted by Gasteiger charge is 2.21. The molecule has 0 aliphatic rings. The molecule has 8 heteroatoms. The van der Waals surface area contributed by atoms with Gasteiger partial charge in [-0.2, -0.15) is 0 Å². The molecule has 1 atom stereocenters. The molecule has 0 bridgehead atoms. The number of carbonyl (C=O) groups is 2.